The van der Waals surface area contributed by atoms with Gasteiger partial charge in [-0.3, -0.25) is 4.98 Å². The highest BCUT2D eigenvalue weighted by atomic mass is 15.0. The zero-order valence-corrected chi connectivity index (χ0v) is 11.3. The molecule has 0 atom stereocenters. The van der Waals surface area contributed by atoms with Gasteiger partial charge in [-0.1, -0.05) is 13.0 Å². The molecule has 0 aliphatic rings. The third-order valence-corrected chi connectivity index (χ3v) is 2.82. The smallest absolute Gasteiger partial charge is 0.180 e. The number of hydrogen-bond donors (Lipinski definition) is 1. The zero-order valence-electron chi connectivity index (χ0n) is 11.3. The first kappa shape index (κ1) is 12.5. The number of nitrogens with zero attached hydrogens (tertiary/aromatic N) is 3. The average Bonchev–Trinajstić information content (AvgIpc) is 2.38. The first-order chi connectivity index (χ1) is 8.63. The molecule has 0 saturated carbocycles. The van der Waals surface area contributed by atoms with E-state index in [1.54, 1.807) is 0 Å². The second kappa shape index (κ2) is 5.12. The molecule has 4 nitrogen and oxygen atoms in total. The van der Waals surface area contributed by atoms with Gasteiger partial charge < -0.3 is 5.32 Å². The third-order valence-electron chi connectivity index (χ3n) is 2.82. The molecule has 0 amide bonds. The lowest BCUT2D eigenvalue weighted by Crippen LogP contribution is -2.02. The van der Waals surface area contributed by atoms with Crippen molar-refractivity contribution in [2.45, 2.75) is 27.2 Å². The lowest BCUT2D eigenvalue weighted by atomic mass is 10.1. The molecular formula is C14H18N4. The predicted octanol–water partition coefficient (Wildman–Crippen LogP) is 2.76. The van der Waals surface area contributed by atoms with Gasteiger partial charge in [0.2, 0.25) is 0 Å². The van der Waals surface area contributed by atoms with Crippen molar-refractivity contribution in [3.63, 3.8) is 0 Å². The molecular weight excluding hydrogens is 224 g/mol. The minimum atomic E-state index is 0.691. The van der Waals surface area contributed by atoms with Gasteiger partial charge in [0.05, 0.1) is 0 Å². The molecule has 0 radical (unpaired) electrons. The highest BCUT2D eigenvalue weighted by Crippen LogP contribution is 2.20. The van der Waals surface area contributed by atoms with Gasteiger partial charge in [-0.25, -0.2) is 9.97 Å². The van der Waals surface area contributed by atoms with Crippen LogP contribution in [0.2, 0.25) is 0 Å². The highest BCUT2D eigenvalue weighted by Gasteiger charge is 2.09. The van der Waals surface area contributed by atoms with E-state index >= 15 is 0 Å². The van der Waals surface area contributed by atoms with Gasteiger partial charge in [0.1, 0.15) is 11.5 Å². The first-order valence-corrected chi connectivity index (χ1v) is 6.13. The quantitative estimate of drug-likeness (QED) is 0.899. The van der Waals surface area contributed by atoms with Crippen LogP contribution in [0.1, 0.15) is 23.7 Å². The number of aryl methyl sites for hydroxylation is 3. The van der Waals surface area contributed by atoms with Crippen LogP contribution in [0.4, 0.5) is 5.82 Å². The normalized spacial score (nSPS) is 10.4. The summed E-state index contributed by atoms with van der Waals surface area (Å²) in [6, 6.07) is 4.07. The van der Waals surface area contributed by atoms with E-state index in [9.17, 15) is 0 Å². The van der Waals surface area contributed by atoms with E-state index in [0.29, 0.717) is 5.82 Å². The summed E-state index contributed by atoms with van der Waals surface area (Å²) in [5, 5.41) is 3.06. The van der Waals surface area contributed by atoms with Crippen LogP contribution in [0.5, 0.6) is 0 Å². The van der Waals surface area contributed by atoms with Crippen LogP contribution in [0.25, 0.3) is 11.5 Å². The topological polar surface area (TPSA) is 50.7 Å². The van der Waals surface area contributed by atoms with E-state index in [1.165, 1.54) is 0 Å². The van der Waals surface area contributed by atoms with Crippen LogP contribution >= 0.6 is 0 Å². The van der Waals surface area contributed by atoms with Gasteiger partial charge >= 0.3 is 0 Å². The Labute approximate surface area is 108 Å². The van der Waals surface area contributed by atoms with E-state index in [4.69, 9.17) is 0 Å². The molecule has 2 aromatic rings. The van der Waals surface area contributed by atoms with Gasteiger partial charge in [0.15, 0.2) is 5.82 Å². The Bertz CT molecular complexity index is 541. The fourth-order valence-corrected chi connectivity index (χ4v) is 1.86. The maximum absolute atomic E-state index is 4.55. The Morgan fingerprint density at radius 2 is 1.94 bits per heavy atom. The first-order valence-electron chi connectivity index (χ1n) is 6.13. The molecule has 1 N–H and O–H groups in total. The summed E-state index contributed by atoms with van der Waals surface area (Å²) in [5.41, 5.74) is 4.13. The second-order valence-corrected chi connectivity index (χ2v) is 4.35. The van der Waals surface area contributed by atoms with E-state index < -0.39 is 0 Å². The summed E-state index contributed by atoms with van der Waals surface area (Å²) in [7, 11) is 1.86. The number of rotatable bonds is 3. The summed E-state index contributed by atoms with van der Waals surface area (Å²) >= 11 is 0. The summed E-state index contributed by atoms with van der Waals surface area (Å²) in [6.07, 6.45) is 2.73. The molecule has 0 saturated heterocycles. The van der Waals surface area contributed by atoms with Crippen molar-refractivity contribution in [3.8, 4) is 11.5 Å². The summed E-state index contributed by atoms with van der Waals surface area (Å²) in [4.78, 5) is 13.5. The second-order valence-electron chi connectivity index (χ2n) is 4.35. The third kappa shape index (κ3) is 2.47. The molecule has 0 fully saturated rings. The molecule has 18 heavy (non-hydrogen) atoms. The van der Waals surface area contributed by atoms with Crippen molar-refractivity contribution in [1.82, 2.24) is 15.0 Å². The summed E-state index contributed by atoms with van der Waals surface area (Å²) in [5.74, 6) is 1.52. The van der Waals surface area contributed by atoms with Crippen LogP contribution in [-0.4, -0.2) is 22.0 Å². The van der Waals surface area contributed by atoms with Crippen LogP contribution < -0.4 is 5.32 Å². The van der Waals surface area contributed by atoms with Crippen molar-refractivity contribution in [1.29, 1.82) is 0 Å². The SMILES string of the molecule is CCc1cc(NC)nc(-c2ncc(C)cc2C)n1. The Hall–Kier alpha value is -1.97. The Morgan fingerprint density at radius 1 is 1.17 bits per heavy atom. The number of anilines is 1. The molecule has 2 aromatic heterocycles. The minimum Gasteiger partial charge on any atom is -0.373 e. The average molecular weight is 242 g/mol. The zero-order chi connectivity index (χ0) is 13.1. The number of aromatic nitrogens is 3. The van der Waals surface area contributed by atoms with Gasteiger partial charge in [-0.2, -0.15) is 0 Å². The molecule has 0 spiro atoms. The molecule has 94 valence electrons. The molecule has 0 aromatic carbocycles. The van der Waals surface area contributed by atoms with E-state index in [-0.39, 0.29) is 0 Å². The maximum Gasteiger partial charge on any atom is 0.180 e. The fourth-order valence-electron chi connectivity index (χ4n) is 1.86. The Balaban J connectivity index is 2.55. The van der Waals surface area contributed by atoms with Crippen LogP contribution in [0.3, 0.4) is 0 Å². The number of hydrogen-bond acceptors (Lipinski definition) is 4. The van der Waals surface area contributed by atoms with Crippen molar-refractivity contribution in [3.05, 3.63) is 35.2 Å². The van der Waals surface area contributed by atoms with Crippen LogP contribution in [0.15, 0.2) is 18.3 Å². The van der Waals surface area contributed by atoms with Crippen molar-refractivity contribution < 1.29 is 0 Å². The molecule has 0 aliphatic heterocycles. The van der Waals surface area contributed by atoms with Gasteiger partial charge in [0, 0.05) is 25.0 Å². The van der Waals surface area contributed by atoms with Crippen LogP contribution in [-0.2, 0) is 6.42 Å². The molecule has 0 bridgehead atoms. The Morgan fingerprint density at radius 3 is 2.56 bits per heavy atom. The molecule has 2 heterocycles. The molecule has 2 rings (SSSR count). The lowest BCUT2D eigenvalue weighted by molar-refractivity contribution is 0.994. The fraction of sp³-hybridized carbons (Fsp3) is 0.357. The van der Waals surface area contributed by atoms with E-state index in [1.807, 2.05) is 33.2 Å². The molecule has 0 unspecified atom stereocenters. The minimum absolute atomic E-state index is 0.691. The molecule has 4 heteroatoms. The van der Waals surface area contributed by atoms with E-state index in [2.05, 4.69) is 33.3 Å². The number of nitrogens with one attached hydrogen (secondary N) is 1. The van der Waals surface area contributed by atoms with Crippen molar-refractivity contribution >= 4 is 5.82 Å². The van der Waals surface area contributed by atoms with E-state index in [0.717, 1.165) is 34.8 Å². The highest BCUT2D eigenvalue weighted by molar-refractivity contribution is 5.57. The predicted molar refractivity (Wildman–Crippen MR) is 73.7 cm³/mol. The lowest BCUT2D eigenvalue weighted by Gasteiger charge is -2.08. The summed E-state index contributed by atoms with van der Waals surface area (Å²) < 4.78 is 0. The maximum atomic E-state index is 4.55. The summed E-state index contributed by atoms with van der Waals surface area (Å²) in [6.45, 7) is 6.16. The van der Waals surface area contributed by atoms with Crippen LogP contribution in [0, 0.1) is 13.8 Å². The molecule has 0 aliphatic carbocycles. The van der Waals surface area contributed by atoms with Gasteiger partial charge in [-0.05, 0) is 31.4 Å². The van der Waals surface area contributed by atoms with Crippen molar-refractivity contribution in [2.24, 2.45) is 0 Å². The van der Waals surface area contributed by atoms with Gasteiger partial charge in [0.25, 0.3) is 0 Å². The van der Waals surface area contributed by atoms with Gasteiger partial charge in [-0.15, -0.1) is 0 Å². The Kier molecular flexibility index (Phi) is 3.55. The monoisotopic (exact) mass is 242 g/mol. The largest absolute Gasteiger partial charge is 0.373 e. The number of pyridine rings is 1. The van der Waals surface area contributed by atoms with Crippen molar-refractivity contribution in [2.75, 3.05) is 12.4 Å². The standard InChI is InChI=1S/C14H18N4/c1-5-11-7-12(15-4)18-14(17-11)13-10(3)6-9(2)8-16-13/h6-8H,5H2,1-4H3,(H,15,17,18).